The smallest absolute Gasteiger partial charge is 0.333 e. The summed E-state index contributed by atoms with van der Waals surface area (Å²) in [7, 11) is 0. The van der Waals surface area contributed by atoms with Crippen molar-refractivity contribution in [3.63, 3.8) is 0 Å². The summed E-state index contributed by atoms with van der Waals surface area (Å²) < 4.78 is 15.3. The number of benzene rings is 1. The molecule has 2 aliphatic rings. The number of nitrogens with zero attached hydrogens (tertiary/aromatic N) is 5. The molecule has 9 heteroatoms. The van der Waals surface area contributed by atoms with Gasteiger partial charge in [-0.3, -0.25) is 4.79 Å². The number of carbonyl (C=O) groups excluding carboxylic acids is 2. The first-order chi connectivity index (χ1) is 12.0. The Labute approximate surface area is 142 Å². The molecule has 0 bridgehead atoms. The Morgan fingerprint density at radius 1 is 1.32 bits per heavy atom. The van der Waals surface area contributed by atoms with Crippen LogP contribution in [0.25, 0.3) is 0 Å². The van der Waals surface area contributed by atoms with Gasteiger partial charge in [0.2, 0.25) is 0 Å². The van der Waals surface area contributed by atoms with Crippen molar-refractivity contribution in [2.45, 2.75) is 32.0 Å². The summed E-state index contributed by atoms with van der Waals surface area (Å²) in [6, 6.07) is 5.15. The van der Waals surface area contributed by atoms with Crippen molar-refractivity contribution in [3.05, 3.63) is 41.3 Å². The van der Waals surface area contributed by atoms with E-state index in [1.165, 1.54) is 15.6 Å². The number of aromatic nitrogens is 3. The molecule has 8 nitrogen and oxygen atoms in total. The predicted octanol–water partition coefficient (Wildman–Crippen LogP) is 0.676. The number of anilines is 1. The number of fused-ring (bicyclic) bond motifs is 1. The van der Waals surface area contributed by atoms with Crippen LogP contribution in [-0.4, -0.2) is 55.6 Å². The summed E-state index contributed by atoms with van der Waals surface area (Å²) in [6.45, 7) is 1.96. The van der Waals surface area contributed by atoms with Gasteiger partial charge >= 0.3 is 6.03 Å². The Morgan fingerprint density at radius 2 is 2.08 bits per heavy atom. The van der Waals surface area contributed by atoms with Gasteiger partial charge in [0.15, 0.2) is 5.82 Å². The maximum Gasteiger partial charge on any atom is 0.333 e. The Hall–Kier alpha value is -2.81. The number of rotatable bonds is 3. The standard InChI is InChI=1S/C16H16FN5O3/c1-9-14(18-19-21(9)7-10-4-2-3-5-12(10)17)22-15(24)13-6-11(23)8-20(13)16(22)25/h2-5,11,13,23H,6-8H2,1H3/t11-,13+/m1/s1. The molecule has 3 heterocycles. The molecule has 0 spiro atoms. The van der Waals surface area contributed by atoms with Crippen molar-refractivity contribution in [1.29, 1.82) is 0 Å². The Morgan fingerprint density at radius 3 is 2.80 bits per heavy atom. The van der Waals surface area contributed by atoms with Crippen molar-refractivity contribution in [1.82, 2.24) is 19.9 Å². The predicted molar refractivity (Wildman–Crippen MR) is 84.3 cm³/mol. The van der Waals surface area contributed by atoms with Crippen LogP contribution >= 0.6 is 0 Å². The van der Waals surface area contributed by atoms with Crippen molar-refractivity contribution in [3.8, 4) is 0 Å². The molecule has 0 radical (unpaired) electrons. The lowest BCUT2D eigenvalue weighted by Crippen LogP contribution is -2.35. The zero-order valence-corrected chi connectivity index (χ0v) is 13.5. The lowest BCUT2D eigenvalue weighted by molar-refractivity contribution is -0.119. The molecule has 1 aromatic heterocycles. The van der Waals surface area contributed by atoms with Crippen LogP contribution in [0.3, 0.4) is 0 Å². The number of hydrogen-bond donors (Lipinski definition) is 1. The molecule has 25 heavy (non-hydrogen) atoms. The Balaban J connectivity index is 1.63. The first kappa shape index (κ1) is 15.7. The van der Waals surface area contributed by atoms with Crippen LogP contribution in [0.4, 0.5) is 15.0 Å². The number of halogens is 1. The number of aliphatic hydroxyl groups excluding tert-OH is 1. The van der Waals surface area contributed by atoms with E-state index in [9.17, 15) is 19.1 Å². The molecule has 0 saturated carbocycles. The Kier molecular flexibility index (Phi) is 3.53. The molecular weight excluding hydrogens is 329 g/mol. The third-order valence-electron chi connectivity index (χ3n) is 4.67. The molecule has 130 valence electrons. The number of urea groups is 1. The highest BCUT2D eigenvalue weighted by molar-refractivity contribution is 6.21. The van der Waals surface area contributed by atoms with Crippen molar-refractivity contribution in [2.24, 2.45) is 0 Å². The van der Waals surface area contributed by atoms with E-state index in [1.54, 1.807) is 25.1 Å². The minimum absolute atomic E-state index is 0.133. The Bertz CT molecular complexity index is 843. The highest BCUT2D eigenvalue weighted by Gasteiger charge is 2.52. The minimum atomic E-state index is -0.683. The molecule has 2 aromatic rings. The third kappa shape index (κ3) is 2.39. The molecule has 4 rings (SSSR count). The maximum atomic E-state index is 13.8. The molecule has 2 aliphatic heterocycles. The molecule has 1 N–H and O–H groups in total. The topological polar surface area (TPSA) is 91.6 Å². The van der Waals surface area contributed by atoms with E-state index in [1.807, 2.05) is 0 Å². The van der Waals surface area contributed by atoms with Crippen LogP contribution in [0.2, 0.25) is 0 Å². The summed E-state index contributed by atoms with van der Waals surface area (Å²) in [5.41, 5.74) is 0.927. The van der Waals surface area contributed by atoms with Crippen LogP contribution in [-0.2, 0) is 11.3 Å². The molecule has 0 aliphatic carbocycles. The summed E-state index contributed by atoms with van der Waals surface area (Å²) in [6.07, 6.45) is -0.457. The van der Waals surface area contributed by atoms with Crippen LogP contribution in [0.5, 0.6) is 0 Å². The van der Waals surface area contributed by atoms with E-state index in [0.717, 1.165) is 4.90 Å². The van der Waals surface area contributed by atoms with Crippen molar-refractivity contribution < 1.29 is 19.1 Å². The molecule has 0 unspecified atom stereocenters. The van der Waals surface area contributed by atoms with Gasteiger partial charge in [-0.25, -0.2) is 18.8 Å². The highest BCUT2D eigenvalue weighted by Crippen LogP contribution is 2.32. The molecule has 2 atom stereocenters. The number of amides is 3. The first-order valence-electron chi connectivity index (χ1n) is 7.93. The zero-order chi connectivity index (χ0) is 17.7. The van der Waals surface area contributed by atoms with E-state index in [-0.39, 0.29) is 31.1 Å². The van der Waals surface area contributed by atoms with Gasteiger partial charge in [-0.15, -0.1) is 5.10 Å². The molecule has 2 fully saturated rings. The van der Waals surface area contributed by atoms with Gasteiger partial charge < -0.3 is 10.0 Å². The molecule has 2 saturated heterocycles. The summed E-state index contributed by atoms with van der Waals surface area (Å²) in [5, 5.41) is 17.6. The van der Waals surface area contributed by atoms with E-state index >= 15 is 0 Å². The molecule has 1 aromatic carbocycles. The van der Waals surface area contributed by atoms with Crippen LogP contribution in [0.1, 0.15) is 17.7 Å². The fraction of sp³-hybridized carbons (Fsp3) is 0.375. The zero-order valence-electron chi connectivity index (χ0n) is 13.5. The summed E-state index contributed by atoms with van der Waals surface area (Å²) in [5.74, 6) is -0.625. The van der Waals surface area contributed by atoms with Crippen LogP contribution < -0.4 is 4.90 Å². The van der Waals surface area contributed by atoms with E-state index in [0.29, 0.717) is 11.3 Å². The van der Waals surface area contributed by atoms with Gasteiger partial charge in [-0.2, -0.15) is 0 Å². The second-order valence-electron chi connectivity index (χ2n) is 6.26. The lowest BCUT2D eigenvalue weighted by atomic mass is 10.2. The monoisotopic (exact) mass is 345 g/mol. The number of aliphatic hydroxyl groups is 1. The SMILES string of the molecule is Cc1c(N2C(=O)[C@@H]3C[C@@H](O)CN3C2=O)nnn1Cc1ccccc1F. The van der Waals surface area contributed by atoms with E-state index in [4.69, 9.17) is 0 Å². The largest absolute Gasteiger partial charge is 0.391 e. The quantitative estimate of drug-likeness (QED) is 0.826. The van der Waals surface area contributed by atoms with Gasteiger partial charge in [-0.05, 0) is 13.0 Å². The third-order valence-corrected chi connectivity index (χ3v) is 4.67. The normalized spacial score (nSPS) is 22.8. The second-order valence-corrected chi connectivity index (χ2v) is 6.26. The summed E-state index contributed by atoms with van der Waals surface area (Å²) in [4.78, 5) is 27.4. The lowest BCUT2D eigenvalue weighted by Gasteiger charge is -2.14. The fourth-order valence-corrected chi connectivity index (χ4v) is 3.32. The number of imide groups is 1. The van der Waals surface area contributed by atoms with Gasteiger partial charge in [0.25, 0.3) is 5.91 Å². The average molecular weight is 345 g/mol. The van der Waals surface area contributed by atoms with Gasteiger partial charge in [-0.1, -0.05) is 23.4 Å². The van der Waals surface area contributed by atoms with Crippen molar-refractivity contribution in [2.75, 3.05) is 11.4 Å². The first-order valence-corrected chi connectivity index (χ1v) is 7.93. The number of hydrogen-bond acceptors (Lipinski definition) is 5. The maximum absolute atomic E-state index is 13.8. The summed E-state index contributed by atoms with van der Waals surface area (Å²) >= 11 is 0. The average Bonchev–Trinajstić information content (AvgIpc) is 3.20. The second kappa shape index (κ2) is 5.62. The highest BCUT2D eigenvalue weighted by atomic mass is 19.1. The van der Waals surface area contributed by atoms with Crippen LogP contribution in [0, 0.1) is 12.7 Å². The van der Waals surface area contributed by atoms with E-state index < -0.39 is 24.1 Å². The van der Waals surface area contributed by atoms with Crippen LogP contribution in [0.15, 0.2) is 24.3 Å². The van der Waals surface area contributed by atoms with Gasteiger partial charge in [0, 0.05) is 18.5 Å². The number of carbonyl (C=O) groups is 2. The minimum Gasteiger partial charge on any atom is -0.391 e. The van der Waals surface area contributed by atoms with E-state index in [2.05, 4.69) is 10.3 Å². The molecular formula is C16H16FN5O3. The molecule has 3 amide bonds. The van der Waals surface area contributed by atoms with Gasteiger partial charge in [0.05, 0.1) is 18.3 Å². The fourth-order valence-electron chi connectivity index (χ4n) is 3.32. The van der Waals surface area contributed by atoms with Gasteiger partial charge in [0.1, 0.15) is 11.9 Å². The van der Waals surface area contributed by atoms with Crippen molar-refractivity contribution >= 4 is 17.8 Å².